The van der Waals surface area contributed by atoms with Gasteiger partial charge < -0.3 is 4.74 Å². The van der Waals surface area contributed by atoms with Gasteiger partial charge in [0.1, 0.15) is 12.4 Å². The van der Waals surface area contributed by atoms with E-state index in [4.69, 9.17) is 4.74 Å². The van der Waals surface area contributed by atoms with Crippen LogP contribution in [0, 0.1) is 0 Å². The summed E-state index contributed by atoms with van der Waals surface area (Å²) in [5.41, 5.74) is 0. The summed E-state index contributed by atoms with van der Waals surface area (Å²) in [6, 6.07) is 8.88. The van der Waals surface area contributed by atoms with Crippen LogP contribution in [-0.2, 0) is 14.8 Å². The van der Waals surface area contributed by atoms with Crippen LogP contribution in [0.3, 0.4) is 0 Å². The van der Waals surface area contributed by atoms with Crippen LogP contribution in [0.4, 0.5) is 4.79 Å². The summed E-state index contributed by atoms with van der Waals surface area (Å²) in [4.78, 5) is 24.8. The van der Waals surface area contributed by atoms with E-state index in [1.54, 1.807) is 12.1 Å². The van der Waals surface area contributed by atoms with Gasteiger partial charge in [-0.25, -0.2) is 12.7 Å². The minimum atomic E-state index is -3.41. The maximum absolute atomic E-state index is 12.4. The lowest BCUT2D eigenvalue weighted by molar-refractivity contribution is -0.126. The molecule has 136 valence electrons. The van der Waals surface area contributed by atoms with Gasteiger partial charge in [0.15, 0.2) is 0 Å². The first-order valence-electron chi connectivity index (χ1n) is 8.12. The number of carbonyl (C=O) groups excluding carboxylic acids is 2. The number of piperidine rings is 1. The van der Waals surface area contributed by atoms with E-state index in [-0.39, 0.29) is 35.3 Å². The van der Waals surface area contributed by atoms with Gasteiger partial charge in [-0.2, -0.15) is 0 Å². The number of sulfonamides is 1. The molecular formula is C16H20N2O5S2. The van der Waals surface area contributed by atoms with Crippen molar-refractivity contribution in [2.45, 2.75) is 18.9 Å². The Labute approximate surface area is 151 Å². The molecule has 3 rings (SSSR count). The van der Waals surface area contributed by atoms with E-state index >= 15 is 0 Å². The lowest BCUT2D eigenvalue weighted by Crippen LogP contribution is -2.49. The SMILES string of the molecule is O=C1CSC(=O)N1C1CCN(S(=O)(=O)CCOc2ccccc2)CC1. The first-order valence-corrected chi connectivity index (χ1v) is 10.7. The van der Waals surface area contributed by atoms with Crippen LogP contribution in [0.5, 0.6) is 5.75 Å². The molecule has 7 nitrogen and oxygen atoms in total. The number of ether oxygens (including phenoxy) is 1. The van der Waals surface area contributed by atoms with Crippen molar-refractivity contribution < 1.29 is 22.7 Å². The number of hydrogen-bond donors (Lipinski definition) is 0. The van der Waals surface area contributed by atoms with Gasteiger partial charge in [0.25, 0.3) is 5.24 Å². The molecule has 0 saturated carbocycles. The van der Waals surface area contributed by atoms with Crippen LogP contribution in [-0.4, -0.2) is 66.0 Å². The molecule has 2 aliphatic heterocycles. The molecule has 2 amide bonds. The summed E-state index contributed by atoms with van der Waals surface area (Å²) >= 11 is 1.01. The van der Waals surface area contributed by atoms with Crippen molar-refractivity contribution in [2.24, 2.45) is 0 Å². The van der Waals surface area contributed by atoms with Gasteiger partial charge in [-0.05, 0) is 25.0 Å². The Balaban J connectivity index is 1.49. The van der Waals surface area contributed by atoms with E-state index in [1.165, 1.54) is 9.21 Å². The zero-order chi connectivity index (χ0) is 17.9. The second-order valence-electron chi connectivity index (χ2n) is 5.93. The molecule has 0 atom stereocenters. The van der Waals surface area contributed by atoms with E-state index in [0.717, 1.165) is 11.8 Å². The molecule has 2 fully saturated rings. The number of imide groups is 1. The Morgan fingerprint density at radius 2 is 1.80 bits per heavy atom. The molecule has 0 bridgehead atoms. The van der Waals surface area contributed by atoms with E-state index in [1.807, 2.05) is 18.2 Å². The van der Waals surface area contributed by atoms with Crippen LogP contribution in [0.15, 0.2) is 30.3 Å². The summed E-state index contributed by atoms with van der Waals surface area (Å²) in [6.07, 6.45) is 0.966. The van der Waals surface area contributed by atoms with Gasteiger partial charge >= 0.3 is 0 Å². The second kappa shape index (κ2) is 7.76. The van der Waals surface area contributed by atoms with Gasteiger partial charge in [0.2, 0.25) is 15.9 Å². The topological polar surface area (TPSA) is 84.0 Å². The first-order chi connectivity index (χ1) is 12.0. The molecule has 25 heavy (non-hydrogen) atoms. The number of benzene rings is 1. The molecule has 2 aliphatic rings. The van der Waals surface area contributed by atoms with E-state index in [9.17, 15) is 18.0 Å². The lowest BCUT2D eigenvalue weighted by atomic mass is 10.1. The second-order valence-corrected chi connectivity index (χ2v) is 8.94. The van der Waals surface area contributed by atoms with Gasteiger partial charge in [-0.3, -0.25) is 14.5 Å². The Bertz CT molecular complexity index is 714. The highest BCUT2D eigenvalue weighted by Crippen LogP contribution is 2.27. The van der Waals surface area contributed by atoms with Gasteiger partial charge in [0.05, 0.1) is 11.5 Å². The maximum Gasteiger partial charge on any atom is 0.289 e. The number of thioether (sulfide) groups is 1. The normalized spacial score (nSPS) is 20.2. The van der Waals surface area contributed by atoms with Crippen molar-refractivity contribution in [2.75, 3.05) is 31.2 Å². The molecular weight excluding hydrogens is 364 g/mol. The molecule has 0 spiro atoms. The molecule has 0 radical (unpaired) electrons. The molecule has 0 aromatic heterocycles. The van der Waals surface area contributed by atoms with Crippen LogP contribution in [0.2, 0.25) is 0 Å². The Morgan fingerprint density at radius 1 is 1.12 bits per heavy atom. The zero-order valence-electron chi connectivity index (χ0n) is 13.7. The third-order valence-electron chi connectivity index (χ3n) is 4.32. The van der Waals surface area contributed by atoms with E-state index < -0.39 is 10.0 Å². The maximum atomic E-state index is 12.4. The van der Waals surface area contributed by atoms with E-state index in [0.29, 0.717) is 31.7 Å². The fourth-order valence-corrected chi connectivity index (χ4v) is 5.10. The quantitative estimate of drug-likeness (QED) is 0.740. The van der Waals surface area contributed by atoms with Crippen LogP contribution in [0.25, 0.3) is 0 Å². The van der Waals surface area contributed by atoms with Crippen molar-refractivity contribution >= 4 is 32.9 Å². The van der Waals surface area contributed by atoms with Crippen molar-refractivity contribution in [3.8, 4) is 5.75 Å². The number of amides is 2. The molecule has 0 unspecified atom stereocenters. The predicted molar refractivity (Wildman–Crippen MR) is 95.0 cm³/mol. The molecule has 2 saturated heterocycles. The van der Waals surface area contributed by atoms with Gasteiger partial charge in [-0.15, -0.1) is 0 Å². The number of rotatable bonds is 6. The summed E-state index contributed by atoms with van der Waals surface area (Å²) in [5.74, 6) is 0.561. The summed E-state index contributed by atoms with van der Waals surface area (Å²) in [7, 11) is -3.41. The Morgan fingerprint density at radius 3 is 2.40 bits per heavy atom. The average molecular weight is 384 g/mol. The summed E-state index contributed by atoms with van der Waals surface area (Å²) < 4.78 is 31.7. The molecule has 1 aromatic rings. The lowest BCUT2D eigenvalue weighted by Gasteiger charge is -2.34. The van der Waals surface area contributed by atoms with Gasteiger partial charge in [-0.1, -0.05) is 30.0 Å². The smallest absolute Gasteiger partial charge is 0.289 e. The standard InChI is InChI=1S/C16H20N2O5S2/c19-15-12-24-16(20)18(15)13-6-8-17(9-7-13)25(21,22)11-10-23-14-4-2-1-3-5-14/h1-5,13H,6-12H2. The molecule has 1 aromatic carbocycles. The predicted octanol–water partition coefficient (Wildman–Crippen LogP) is 1.55. The summed E-state index contributed by atoms with van der Waals surface area (Å²) in [6.45, 7) is 0.728. The Hall–Kier alpha value is -1.58. The fraction of sp³-hybridized carbons (Fsp3) is 0.500. The fourth-order valence-electron chi connectivity index (χ4n) is 3.01. The molecule has 0 N–H and O–H groups in total. The van der Waals surface area contributed by atoms with Gasteiger partial charge in [0, 0.05) is 19.1 Å². The third kappa shape index (κ3) is 4.34. The van der Waals surface area contributed by atoms with Crippen molar-refractivity contribution in [3.63, 3.8) is 0 Å². The highest BCUT2D eigenvalue weighted by molar-refractivity contribution is 8.14. The third-order valence-corrected chi connectivity index (χ3v) is 6.99. The minimum Gasteiger partial charge on any atom is -0.492 e. The van der Waals surface area contributed by atoms with Crippen LogP contribution < -0.4 is 4.74 Å². The number of hydrogen-bond acceptors (Lipinski definition) is 6. The number of nitrogens with zero attached hydrogens (tertiary/aromatic N) is 2. The Kier molecular flexibility index (Phi) is 5.65. The van der Waals surface area contributed by atoms with Crippen molar-refractivity contribution in [1.29, 1.82) is 0 Å². The highest BCUT2D eigenvalue weighted by atomic mass is 32.2. The molecule has 0 aliphatic carbocycles. The number of carbonyl (C=O) groups is 2. The number of para-hydroxylation sites is 1. The van der Waals surface area contributed by atoms with Crippen molar-refractivity contribution in [1.82, 2.24) is 9.21 Å². The minimum absolute atomic E-state index is 0.0893. The molecule has 2 heterocycles. The first kappa shape index (κ1) is 18.2. The molecule has 9 heteroatoms. The van der Waals surface area contributed by atoms with Crippen LogP contribution >= 0.6 is 11.8 Å². The van der Waals surface area contributed by atoms with Crippen molar-refractivity contribution in [3.05, 3.63) is 30.3 Å². The summed E-state index contributed by atoms with van der Waals surface area (Å²) in [5, 5.41) is -0.220. The average Bonchev–Trinajstić information content (AvgIpc) is 2.94. The largest absolute Gasteiger partial charge is 0.492 e. The highest BCUT2D eigenvalue weighted by Gasteiger charge is 2.38. The monoisotopic (exact) mass is 384 g/mol. The zero-order valence-corrected chi connectivity index (χ0v) is 15.3. The van der Waals surface area contributed by atoms with E-state index in [2.05, 4.69) is 0 Å². The van der Waals surface area contributed by atoms with Crippen LogP contribution in [0.1, 0.15) is 12.8 Å².